The van der Waals surface area contributed by atoms with Crippen LogP contribution in [0.5, 0.6) is 5.75 Å². The van der Waals surface area contributed by atoms with Crippen molar-refractivity contribution in [2.45, 2.75) is 4.34 Å². The molecule has 166 valence electrons. The molecule has 1 amide bonds. The van der Waals surface area contributed by atoms with E-state index in [1.165, 1.54) is 47.5 Å². The van der Waals surface area contributed by atoms with Gasteiger partial charge in [-0.05, 0) is 42.5 Å². The van der Waals surface area contributed by atoms with Gasteiger partial charge in [0, 0.05) is 22.9 Å². The number of para-hydroxylation sites is 2. The molecule has 0 bridgehead atoms. The van der Waals surface area contributed by atoms with Crippen molar-refractivity contribution in [1.29, 1.82) is 0 Å². The third-order valence-electron chi connectivity index (χ3n) is 4.40. The van der Waals surface area contributed by atoms with Gasteiger partial charge in [-0.2, -0.15) is 0 Å². The maximum absolute atomic E-state index is 12.3. The predicted molar refractivity (Wildman–Crippen MR) is 132 cm³/mol. The lowest BCUT2D eigenvalue weighted by molar-refractivity contribution is -0.383. The number of hydrogen-bond acceptors (Lipinski definition) is 8. The number of phenolic OH excluding ortho intramolecular Hbond substituents is 1. The third-order valence-corrected chi connectivity index (χ3v) is 6.79. The standard InChI is InChI=1S/C22H15ClN4O4S2/c23-14-5-8-19(28)13(9-14)11-24-15-6-7-17-20(10-15)33-22(26-17)32-12-21(29)25-16-3-1-2-4-18(16)27(30)31/h1-11,28H,12H2,(H,25,29). The third kappa shape index (κ3) is 5.67. The highest BCUT2D eigenvalue weighted by Gasteiger charge is 2.15. The van der Waals surface area contributed by atoms with Crippen molar-refractivity contribution in [3.8, 4) is 5.75 Å². The number of aliphatic imine (C=N–C) groups is 1. The summed E-state index contributed by atoms with van der Waals surface area (Å²) in [4.78, 5) is 31.7. The zero-order valence-corrected chi connectivity index (χ0v) is 19.2. The number of nitrogens with one attached hydrogen (secondary N) is 1. The number of thioether (sulfide) groups is 1. The van der Waals surface area contributed by atoms with Crippen LogP contribution < -0.4 is 5.32 Å². The van der Waals surface area contributed by atoms with Crippen LogP contribution in [0, 0.1) is 10.1 Å². The first-order valence-corrected chi connectivity index (χ1v) is 11.7. The topological polar surface area (TPSA) is 118 Å². The average Bonchev–Trinajstić information content (AvgIpc) is 3.21. The number of thiazole rings is 1. The number of rotatable bonds is 7. The van der Waals surface area contributed by atoms with E-state index in [0.717, 1.165) is 10.2 Å². The Bertz CT molecular complexity index is 1390. The van der Waals surface area contributed by atoms with E-state index in [1.54, 1.807) is 30.3 Å². The Kier molecular flexibility index (Phi) is 6.87. The quantitative estimate of drug-likeness (QED) is 0.139. The highest BCUT2D eigenvalue weighted by atomic mass is 35.5. The monoisotopic (exact) mass is 498 g/mol. The molecular weight excluding hydrogens is 484 g/mol. The van der Waals surface area contributed by atoms with Crippen LogP contribution in [-0.2, 0) is 4.79 Å². The van der Waals surface area contributed by atoms with E-state index in [4.69, 9.17) is 11.6 Å². The molecule has 0 saturated carbocycles. The van der Waals surface area contributed by atoms with Gasteiger partial charge in [-0.1, -0.05) is 35.5 Å². The minimum Gasteiger partial charge on any atom is -0.507 e. The number of benzene rings is 3. The van der Waals surface area contributed by atoms with Crippen LogP contribution in [0.2, 0.25) is 5.02 Å². The Morgan fingerprint density at radius 2 is 2.06 bits per heavy atom. The lowest BCUT2D eigenvalue weighted by Crippen LogP contribution is -2.15. The second kappa shape index (κ2) is 9.99. The largest absolute Gasteiger partial charge is 0.507 e. The molecule has 4 aromatic rings. The Morgan fingerprint density at radius 3 is 2.88 bits per heavy atom. The predicted octanol–water partition coefficient (Wildman–Crippen LogP) is 6.04. The van der Waals surface area contributed by atoms with Crippen LogP contribution >= 0.6 is 34.7 Å². The molecule has 33 heavy (non-hydrogen) atoms. The van der Waals surface area contributed by atoms with Crippen molar-refractivity contribution in [3.05, 3.63) is 81.4 Å². The van der Waals surface area contributed by atoms with Gasteiger partial charge in [0.15, 0.2) is 4.34 Å². The van der Waals surface area contributed by atoms with E-state index in [2.05, 4.69) is 15.3 Å². The Morgan fingerprint density at radius 1 is 1.24 bits per heavy atom. The summed E-state index contributed by atoms with van der Waals surface area (Å²) in [6.07, 6.45) is 1.53. The van der Waals surface area contributed by atoms with E-state index in [-0.39, 0.29) is 28.8 Å². The van der Waals surface area contributed by atoms with Gasteiger partial charge in [-0.15, -0.1) is 11.3 Å². The van der Waals surface area contributed by atoms with Gasteiger partial charge in [-0.25, -0.2) is 4.98 Å². The molecule has 2 N–H and O–H groups in total. The highest BCUT2D eigenvalue weighted by Crippen LogP contribution is 2.32. The van der Waals surface area contributed by atoms with Crippen LogP contribution in [0.4, 0.5) is 17.1 Å². The molecule has 1 aromatic heterocycles. The first kappa shape index (κ1) is 22.7. The van der Waals surface area contributed by atoms with E-state index >= 15 is 0 Å². The fourth-order valence-electron chi connectivity index (χ4n) is 2.86. The molecule has 11 heteroatoms. The molecule has 0 aliphatic rings. The van der Waals surface area contributed by atoms with Crippen LogP contribution in [0.25, 0.3) is 10.2 Å². The van der Waals surface area contributed by atoms with E-state index in [0.29, 0.717) is 20.6 Å². The molecule has 0 unspecified atom stereocenters. The first-order valence-electron chi connectivity index (χ1n) is 9.48. The number of nitro groups is 1. The molecule has 0 saturated heterocycles. The van der Waals surface area contributed by atoms with Gasteiger partial charge < -0.3 is 10.4 Å². The second-order valence-corrected chi connectivity index (χ2v) is 9.39. The Hall–Kier alpha value is -3.47. The molecular formula is C22H15ClN4O4S2. The number of aromatic hydroxyl groups is 1. The molecule has 4 rings (SSSR count). The summed E-state index contributed by atoms with van der Waals surface area (Å²) >= 11 is 8.62. The number of nitrogens with zero attached hydrogens (tertiary/aromatic N) is 3. The molecule has 0 radical (unpaired) electrons. The number of carbonyl (C=O) groups is 1. The summed E-state index contributed by atoms with van der Waals surface area (Å²) < 4.78 is 1.58. The molecule has 0 aliphatic carbocycles. The minimum atomic E-state index is -0.538. The number of anilines is 1. The fourth-order valence-corrected chi connectivity index (χ4v) is 4.94. The van der Waals surface area contributed by atoms with Crippen LogP contribution in [0.3, 0.4) is 0 Å². The van der Waals surface area contributed by atoms with Crippen molar-refractivity contribution in [2.75, 3.05) is 11.1 Å². The van der Waals surface area contributed by atoms with Gasteiger partial charge >= 0.3 is 0 Å². The zero-order chi connectivity index (χ0) is 23.4. The molecule has 8 nitrogen and oxygen atoms in total. The highest BCUT2D eigenvalue weighted by molar-refractivity contribution is 8.01. The van der Waals surface area contributed by atoms with E-state index in [9.17, 15) is 20.0 Å². The van der Waals surface area contributed by atoms with Crippen LogP contribution in [-0.4, -0.2) is 32.9 Å². The molecule has 0 fully saturated rings. The lowest BCUT2D eigenvalue weighted by Gasteiger charge is -2.04. The van der Waals surface area contributed by atoms with Gasteiger partial charge in [0.05, 0.1) is 26.6 Å². The summed E-state index contributed by atoms with van der Waals surface area (Å²) in [5, 5.41) is 24.1. The van der Waals surface area contributed by atoms with Crippen molar-refractivity contribution < 1.29 is 14.8 Å². The van der Waals surface area contributed by atoms with Crippen LogP contribution in [0.15, 0.2) is 70.0 Å². The summed E-state index contributed by atoms with van der Waals surface area (Å²) in [6.45, 7) is 0. The normalized spacial score (nSPS) is 11.2. The van der Waals surface area contributed by atoms with Crippen molar-refractivity contribution in [2.24, 2.45) is 4.99 Å². The number of aromatic nitrogens is 1. The van der Waals surface area contributed by atoms with Gasteiger partial charge in [0.2, 0.25) is 5.91 Å². The second-order valence-electron chi connectivity index (χ2n) is 6.70. The summed E-state index contributed by atoms with van der Waals surface area (Å²) in [5.41, 5.74) is 1.95. The number of amides is 1. The number of hydrogen-bond donors (Lipinski definition) is 2. The van der Waals surface area contributed by atoms with Gasteiger partial charge in [0.1, 0.15) is 11.4 Å². The maximum Gasteiger partial charge on any atom is 0.292 e. The van der Waals surface area contributed by atoms with E-state index < -0.39 is 4.92 Å². The van der Waals surface area contributed by atoms with Crippen molar-refractivity contribution >= 4 is 74.1 Å². The Labute approximate surface area is 201 Å². The maximum atomic E-state index is 12.3. The summed E-state index contributed by atoms with van der Waals surface area (Å²) in [7, 11) is 0. The SMILES string of the molecule is O=C(CSc1nc2ccc(N=Cc3cc(Cl)ccc3O)cc2s1)Nc1ccccc1[N+](=O)[O-]. The molecule has 3 aromatic carbocycles. The average molecular weight is 499 g/mol. The minimum absolute atomic E-state index is 0.0604. The number of nitro benzene ring substituents is 1. The summed E-state index contributed by atoms with van der Waals surface area (Å²) in [6, 6.07) is 16.2. The van der Waals surface area contributed by atoms with Crippen molar-refractivity contribution in [3.63, 3.8) is 0 Å². The number of halogens is 1. The van der Waals surface area contributed by atoms with E-state index in [1.807, 2.05) is 12.1 Å². The number of phenols is 1. The lowest BCUT2D eigenvalue weighted by atomic mass is 10.2. The number of carbonyl (C=O) groups excluding carboxylic acids is 1. The smallest absolute Gasteiger partial charge is 0.292 e. The first-order chi connectivity index (χ1) is 15.9. The van der Waals surface area contributed by atoms with Gasteiger partial charge in [0.25, 0.3) is 5.69 Å². The molecule has 0 aliphatic heterocycles. The molecule has 0 spiro atoms. The summed E-state index contributed by atoms with van der Waals surface area (Å²) in [5.74, 6) is -0.217. The fraction of sp³-hybridized carbons (Fsp3) is 0.0455. The van der Waals surface area contributed by atoms with Crippen molar-refractivity contribution in [1.82, 2.24) is 4.98 Å². The number of fused-ring (bicyclic) bond motifs is 1. The zero-order valence-electron chi connectivity index (χ0n) is 16.8. The molecule has 1 heterocycles. The molecule has 0 atom stereocenters. The van der Waals surface area contributed by atoms with Gasteiger partial charge in [-0.3, -0.25) is 19.9 Å². The Balaban J connectivity index is 1.42. The van der Waals surface area contributed by atoms with Crippen LogP contribution in [0.1, 0.15) is 5.56 Å².